The highest BCUT2D eigenvalue weighted by Crippen LogP contribution is 2.31. The normalized spacial score (nSPS) is 21.4. The maximum atomic E-state index is 12.7. The van der Waals surface area contributed by atoms with Crippen LogP contribution in [0.5, 0.6) is 0 Å². The molecule has 0 aromatic heterocycles. The Balaban J connectivity index is 2.58. The van der Waals surface area contributed by atoms with Gasteiger partial charge < -0.3 is 5.73 Å². The second-order valence-corrected chi connectivity index (χ2v) is 6.86. The van der Waals surface area contributed by atoms with Gasteiger partial charge in [-0.25, -0.2) is 8.42 Å². The first-order valence-corrected chi connectivity index (χ1v) is 7.67. The molecule has 1 aliphatic heterocycles. The number of rotatable bonds is 2. The molecule has 2 rings (SSSR count). The summed E-state index contributed by atoms with van der Waals surface area (Å²) in [4.78, 5) is 0.385. The quantitative estimate of drug-likeness (QED) is 0.835. The average Bonchev–Trinajstić information content (AvgIpc) is 2.71. The van der Waals surface area contributed by atoms with Gasteiger partial charge in [0, 0.05) is 18.3 Å². The molecular formula is C13H20N2O2S. The van der Waals surface area contributed by atoms with E-state index in [0.29, 0.717) is 22.7 Å². The monoisotopic (exact) mass is 268 g/mol. The number of sulfonamides is 1. The minimum absolute atomic E-state index is 0.0789. The van der Waals surface area contributed by atoms with E-state index in [1.165, 1.54) is 0 Å². The summed E-state index contributed by atoms with van der Waals surface area (Å²) in [5.74, 6) is 0. The van der Waals surface area contributed by atoms with Crippen molar-refractivity contribution >= 4 is 15.7 Å². The van der Waals surface area contributed by atoms with E-state index in [-0.39, 0.29) is 6.04 Å². The van der Waals surface area contributed by atoms with Crippen LogP contribution < -0.4 is 5.73 Å². The lowest BCUT2D eigenvalue weighted by atomic mass is 10.1. The smallest absolute Gasteiger partial charge is 0.243 e. The number of nitrogen functional groups attached to an aromatic ring is 1. The van der Waals surface area contributed by atoms with Gasteiger partial charge in [0.1, 0.15) is 0 Å². The van der Waals surface area contributed by atoms with Crippen LogP contribution in [0.1, 0.15) is 30.9 Å². The predicted molar refractivity (Wildman–Crippen MR) is 72.9 cm³/mol. The number of anilines is 1. The third-order valence-corrected chi connectivity index (χ3v) is 6.01. The van der Waals surface area contributed by atoms with E-state index < -0.39 is 10.0 Å². The Morgan fingerprint density at radius 1 is 1.33 bits per heavy atom. The highest BCUT2D eigenvalue weighted by molar-refractivity contribution is 7.89. The molecular weight excluding hydrogens is 248 g/mol. The fourth-order valence-corrected chi connectivity index (χ4v) is 4.78. The molecule has 0 aliphatic carbocycles. The van der Waals surface area contributed by atoms with Crippen molar-refractivity contribution in [1.29, 1.82) is 0 Å². The van der Waals surface area contributed by atoms with Crippen LogP contribution >= 0.6 is 0 Å². The Bertz CT molecular complexity index is 567. The van der Waals surface area contributed by atoms with E-state index in [4.69, 9.17) is 5.73 Å². The lowest BCUT2D eigenvalue weighted by Crippen LogP contribution is -2.34. The van der Waals surface area contributed by atoms with Gasteiger partial charge in [-0.1, -0.05) is 6.07 Å². The first kappa shape index (κ1) is 13.4. The fraction of sp³-hybridized carbons (Fsp3) is 0.538. The minimum atomic E-state index is -3.42. The first-order valence-electron chi connectivity index (χ1n) is 6.23. The van der Waals surface area contributed by atoms with Crippen molar-refractivity contribution in [2.24, 2.45) is 0 Å². The standard InChI is InChI=1S/C13H20N2O2S/c1-9-6-7-12(14)11(3)13(9)18(16,17)15-8-4-5-10(15)2/h6-7,10H,4-5,8,14H2,1-3H3. The third-order valence-electron chi connectivity index (χ3n) is 3.70. The number of hydrogen-bond acceptors (Lipinski definition) is 3. The molecule has 100 valence electrons. The molecule has 4 nitrogen and oxygen atoms in total. The van der Waals surface area contributed by atoms with E-state index in [0.717, 1.165) is 18.4 Å². The summed E-state index contributed by atoms with van der Waals surface area (Å²) in [6.45, 7) is 6.16. The predicted octanol–water partition coefficient (Wildman–Crippen LogP) is 2.06. The number of nitrogens with two attached hydrogens (primary N) is 1. The largest absolute Gasteiger partial charge is 0.398 e. The Hall–Kier alpha value is -1.07. The van der Waals surface area contributed by atoms with Gasteiger partial charge in [-0.15, -0.1) is 0 Å². The molecule has 1 aromatic carbocycles. The van der Waals surface area contributed by atoms with E-state index in [1.54, 1.807) is 23.4 Å². The summed E-state index contributed by atoms with van der Waals surface area (Å²) in [5.41, 5.74) is 7.80. The van der Waals surface area contributed by atoms with Crippen LogP contribution in [0.2, 0.25) is 0 Å². The van der Waals surface area contributed by atoms with Gasteiger partial charge in [0.05, 0.1) is 4.90 Å². The molecule has 0 amide bonds. The van der Waals surface area contributed by atoms with Crippen LogP contribution in [-0.4, -0.2) is 25.3 Å². The van der Waals surface area contributed by atoms with Crippen LogP contribution in [0.15, 0.2) is 17.0 Å². The van der Waals surface area contributed by atoms with Crippen molar-refractivity contribution in [3.8, 4) is 0 Å². The van der Waals surface area contributed by atoms with Gasteiger partial charge in [-0.05, 0) is 50.8 Å². The summed E-state index contributed by atoms with van der Waals surface area (Å²) in [6.07, 6.45) is 1.86. The molecule has 1 aromatic rings. The maximum absolute atomic E-state index is 12.7. The summed E-state index contributed by atoms with van der Waals surface area (Å²) in [5, 5.41) is 0. The van der Waals surface area contributed by atoms with Crippen molar-refractivity contribution in [1.82, 2.24) is 4.31 Å². The Kier molecular flexibility index (Phi) is 3.38. The van der Waals surface area contributed by atoms with Crippen LogP contribution in [0, 0.1) is 13.8 Å². The summed E-state index contributed by atoms with van der Waals surface area (Å²) < 4.78 is 27.0. The van der Waals surface area contributed by atoms with Crippen LogP contribution in [-0.2, 0) is 10.0 Å². The van der Waals surface area contributed by atoms with E-state index >= 15 is 0 Å². The Labute approximate surface area is 109 Å². The zero-order chi connectivity index (χ0) is 13.5. The van der Waals surface area contributed by atoms with Gasteiger partial charge >= 0.3 is 0 Å². The van der Waals surface area contributed by atoms with E-state index in [2.05, 4.69) is 0 Å². The number of aryl methyl sites for hydroxylation is 1. The molecule has 0 spiro atoms. The number of hydrogen-bond donors (Lipinski definition) is 1. The van der Waals surface area contributed by atoms with Crippen LogP contribution in [0.3, 0.4) is 0 Å². The van der Waals surface area contributed by atoms with Crippen molar-refractivity contribution in [3.63, 3.8) is 0 Å². The molecule has 1 saturated heterocycles. The van der Waals surface area contributed by atoms with Gasteiger partial charge in [-0.3, -0.25) is 0 Å². The molecule has 1 unspecified atom stereocenters. The molecule has 0 radical (unpaired) electrons. The molecule has 1 fully saturated rings. The van der Waals surface area contributed by atoms with Crippen molar-refractivity contribution in [3.05, 3.63) is 23.3 Å². The number of nitrogens with zero attached hydrogens (tertiary/aromatic N) is 1. The second kappa shape index (κ2) is 4.55. The zero-order valence-corrected chi connectivity index (χ0v) is 11.9. The maximum Gasteiger partial charge on any atom is 0.243 e. The molecule has 1 aliphatic rings. The van der Waals surface area contributed by atoms with Crippen LogP contribution in [0.4, 0.5) is 5.69 Å². The Morgan fingerprint density at radius 2 is 2.00 bits per heavy atom. The van der Waals surface area contributed by atoms with E-state index in [9.17, 15) is 8.42 Å². The van der Waals surface area contributed by atoms with E-state index in [1.807, 2.05) is 13.8 Å². The van der Waals surface area contributed by atoms with Gasteiger partial charge in [0.25, 0.3) is 0 Å². The van der Waals surface area contributed by atoms with Crippen molar-refractivity contribution in [2.75, 3.05) is 12.3 Å². The lowest BCUT2D eigenvalue weighted by Gasteiger charge is -2.23. The van der Waals surface area contributed by atoms with Gasteiger partial charge in [0.15, 0.2) is 0 Å². The second-order valence-electron chi connectivity index (χ2n) is 5.03. The summed E-state index contributed by atoms with van der Waals surface area (Å²) in [6, 6.07) is 3.61. The Morgan fingerprint density at radius 3 is 2.56 bits per heavy atom. The molecule has 0 saturated carbocycles. The summed E-state index contributed by atoms with van der Waals surface area (Å²) >= 11 is 0. The van der Waals surface area contributed by atoms with Gasteiger partial charge in [0.2, 0.25) is 10.0 Å². The van der Waals surface area contributed by atoms with Gasteiger partial charge in [-0.2, -0.15) is 4.31 Å². The highest BCUT2D eigenvalue weighted by atomic mass is 32.2. The zero-order valence-electron chi connectivity index (χ0n) is 11.1. The first-order chi connectivity index (χ1) is 8.35. The van der Waals surface area contributed by atoms with Crippen molar-refractivity contribution in [2.45, 2.75) is 44.6 Å². The van der Waals surface area contributed by atoms with Crippen molar-refractivity contribution < 1.29 is 8.42 Å². The SMILES string of the molecule is Cc1ccc(N)c(C)c1S(=O)(=O)N1CCCC1C. The molecule has 18 heavy (non-hydrogen) atoms. The molecule has 2 N–H and O–H groups in total. The lowest BCUT2D eigenvalue weighted by molar-refractivity contribution is 0.408. The third kappa shape index (κ3) is 2.01. The molecule has 1 atom stereocenters. The average molecular weight is 268 g/mol. The highest BCUT2D eigenvalue weighted by Gasteiger charge is 2.34. The minimum Gasteiger partial charge on any atom is -0.398 e. The fourth-order valence-electron chi connectivity index (χ4n) is 2.62. The molecule has 1 heterocycles. The van der Waals surface area contributed by atoms with Crippen LogP contribution in [0.25, 0.3) is 0 Å². The number of benzene rings is 1. The summed E-state index contributed by atoms with van der Waals surface area (Å²) in [7, 11) is -3.42. The topological polar surface area (TPSA) is 63.4 Å². The molecule has 5 heteroatoms. The molecule has 0 bridgehead atoms.